The molecule has 0 amide bonds. The topological polar surface area (TPSA) is 49.5 Å². The fourth-order valence-corrected chi connectivity index (χ4v) is 2.00. The van der Waals surface area contributed by atoms with Gasteiger partial charge in [-0.25, -0.2) is 0 Å². The Morgan fingerprint density at radius 3 is 2.35 bits per heavy atom. The molecule has 0 unspecified atom stereocenters. The summed E-state index contributed by atoms with van der Waals surface area (Å²) in [6, 6.07) is 7.90. The van der Waals surface area contributed by atoms with Crippen molar-refractivity contribution in [3.8, 4) is 5.75 Å². The standard InChI is InChI=1S/C12H18N2O.2ClH/c13-11-5-7-14(8-6-11)9-10-3-1-2-4-12(10)15;;/h1-4,11,15H,5-9,13H2;2*1H. The third-order valence-electron chi connectivity index (χ3n) is 3.02. The molecule has 1 heterocycles. The molecule has 3 N–H and O–H groups in total. The quantitative estimate of drug-likeness (QED) is 0.872. The van der Waals surface area contributed by atoms with Crippen molar-refractivity contribution in [2.24, 2.45) is 5.73 Å². The van der Waals surface area contributed by atoms with E-state index in [4.69, 9.17) is 5.73 Å². The molecule has 0 saturated carbocycles. The Hall–Kier alpha value is -0.480. The average molecular weight is 279 g/mol. The van der Waals surface area contributed by atoms with Crippen LogP contribution in [0.1, 0.15) is 18.4 Å². The zero-order chi connectivity index (χ0) is 10.7. The lowest BCUT2D eigenvalue weighted by atomic mass is 10.1. The van der Waals surface area contributed by atoms with E-state index in [1.807, 2.05) is 18.2 Å². The van der Waals surface area contributed by atoms with Gasteiger partial charge in [0.25, 0.3) is 0 Å². The Bertz CT molecular complexity index is 328. The first-order chi connectivity index (χ1) is 7.25. The second-order valence-corrected chi connectivity index (χ2v) is 4.24. The average Bonchev–Trinajstić information content (AvgIpc) is 2.25. The highest BCUT2D eigenvalue weighted by Gasteiger charge is 2.16. The number of likely N-dealkylation sites (tertiary alicyclic amines) is 1. The molecule has 0 bridgehead atoms. The Morgan fingerprint density at radius 2 is 1.76 bits per heavy atom. The van der Waals surface area contributed by atoms with Crippen LogP contribution in [0.15, 0.2) is 24.3 Å². The molecule has 1 aliphatic rings. The lowest BCUT2D eigenvalue weighted by Crippen LogP contribution is -2.39. The summed E-state index contributed by atoms with van der Waals surface area (Å²) in [5.41, 5.74) is 6.85. The predicted octanol–water partition coefficient (Wildman–Crippen LogP) is 2.16. The molecule has 0 radical (unpaired) electrons. The van der Waals surface area contributed by atoms with Crippen LogP contribution in [0, 0.1) is 0 Å². The number of piperidine rings is 1. The van der Waals surface area contributed by atoms with Crippen molar-refractivity contribution in [2.45, 2.75) is 25.4 Å². The van der Waals surface area contributed by atoms with E-state index in [0.717, 1.165) is 38.0 Å². The number of nitrogens with two attached hydrogens (primary N) is 1. The molecule has 1 aromatic carbocycles. The summed E-state index contributed by atoms with van der Waals surface area (Å²) < 4.78 is 0. The minimum atomic E-state index is 0. The van der Waals surface area contributed by atoms with Crippen LogP contribution in [-0.4, -0.2) is 29.1 Å². The van der Waals surface area contributed by atoms with Crippen molar-refractivity contribution >= 4 is 24.8 Å². The van der Waals surface area contributed by atoms with Crippen LogP contribution in [0.25, 0.3) is 0 Å². The fraction of sp³-hybridized carbons (Fsp3) is 0.500. The first kappa shape index (κ1) is 16.5. The van der Waals surface area contributed by atoms with Gasteiger partial charge in [0.2, 0.25) is 0 Å². The van der Waals surface area contributed by atoms with Crippen molar-refractivity contribution in [1.82, 2.24) is 4.90 Å². The SMILES string of the molecule is Cl.Cl.NC1CCN(Cc2ccccc2O)CC1. The Balaban J connectivity index is 0.00000128. The molecule has 1 fully saturated rings. The van der Waals surface area contributed by atoms with E-state index in [-0.39, 0.29) is 24.8 Å². The number of hydrogen-bond donors (Lipinski definition) is 2. The maximum atomic E-state index is 9.64. The molecular formula is C12H20Cl2N2O. The zero-order valence-corrected chi connectivity index (χ0v) is 11.3. The van der Waals surface area contributed by atoms with E-state index < -0.39 is 0 Å². The summed E-state index contributed by atoms with van der Waals surface area (Å²) in [5.74, 6) is 0.396. The van der Waals surface area contributed by atoms with E-state index >= 15 is 0 Å². The van der Waals surface area contributed by atoms with E-state index in [0.29, 0.717) is 11.8 Å². The molecular weight excluding hydrogens is 259 g/mol. The van der Waals surface area contributed by atoms with Gasteiger partial charge in [-0.1, -0.05) is 18.2 Å². The summed E-state index contributed by atoms with van der Waals surface area (Å²) in [5, 5.41) is 9.64. The maximum absolute atomic E-state index is 9.64. The van der Waals surface area contributed by atoms with E-state index in [1.54, 1.807) is 6.07 Å². The third kappa shape index (κ3) is 4.72. The summed E-state index contributed by atoms with van der Waals surface area (Å²) in [4.78, 5) is 2.35. The lowest BCUT2D eigenvalue weighted by molar-refractivity contribution is 0.203. The predicted molar refractivity (Wildman–Crippen MR) is 75.1 cm³/mol. The minimum absolute atomic E-state index is 0. The monoisotopic (exact) mass is 278 g/mol. The number of para-hydroxylation sites is 1. The van der Waals surface area contributed by atoms with Gasteiger partial charge in [0.05, 0.1) is 0 Å². The Morgan fingerprint density at radius 1 is 1.18 bits per heavy atom. The molecule has 1 aromatic rings. The smallest absolute Gasteiger partial charge is 0.120 e. The molecule has 1 aliphatic heterocycles. The molecule has 0 atom stereocenters. The zero-order valence-electron chi connectivity index (χ0n) is 9.71. The number of hydrogen-bond acceptors (Lipinski definition) is 3. The van der Waals surface area contributed by atoms with Crippen LogP contribution in [0.3, 0.4) is 0 Å². The molecule has 3 nitrogen and oxygen atoms in total. The second kappa shape index (κ2) is 7.77. The second-order valence-electron chi connectivity index (χ2n) is 4.24. The maximum Gasteiger partial charge on any atom is 0.120 e. The molecule has 1 saturated heterocycles. The van der Waals surface area contributed by atoms with Gasteiger partial charge >= 0.3 is 0 Å². The third-order valence-corrected chi connectivity index (χ3v) is 3.02. The van der Waals surface area contributed by atoms with Crippen LogP contribution < -0.4 is 5.73 Å². The number of phenols is 1. The highest BCUT2D eigenvalue weighted by molar-refractivity contribution is 5.85. The van der Waals surface area contributed by atoms with E-state index in [1.165, 1.54) is 0 Å². The normalized spacial score (nSPS) is 17.0. The van der Waals surface area contributed by atoms with Crippen LogP contribution in [0.5, 0.6) is 5.75 Å². The Labute approximate surface area is 115 Å². The number of phenolic OH excluding ortho intramolecular Hbond substituents is 1. The van der Waals surface area contributed by atoms with Crippen molar-refractivity contribution in [1.29, 1.82) is 0 Å². The highest BCUT2D eigenvalue weighted by atomic mass is 35.5. The Kier molecular flexibility index (Phi) is 7.55. The first-order valence-corrected chi connectivity index (χ1v) is 5.50. The number of benzene rings is 1. The summed E-state index contributed by atoms with van der Waals surface area (Å²) >= 11 is 0. The van der Waals surface area contributed by atoms with Crippen LogP contribution in [0.4, 0.5) is 0 Å². The van der Waals surface area contributed by atoms with Crippen LogP contribution in [0.2, 0.25) is 0 Å². The summed E-state index contributed by atoms with van der Waals surface area (Å²) in [6.07, 6.45) is 2.13. The van der Waals surface area contributed by atoms with E-state index in [9.17, 15) is 5.11 Å². The van der Waals surface area contributed by atoms with Crippen LogP contribution >= 0.6 is 24.8 Å². The van der Waals surface area contributed by atoms with Gasteiger partial charge in [-0.2, -0.15) is 0 Å². The molecule has 0 aromatic heterocycles. The fourth-order valence-electron chi connectivity index (χ4n) is 2.00. The molecule has 98 valence electrons. The van der Waals surface area contributed by atoms with Gasteiger partial charge < -0.3 is 10.8 Å². The number of rotatable bonds is 2. The summed E-state index contributed by atoms with van der Waals surface area (Å²) in [6.45, 7) is 2.91. The molecule has 0 aliphatic carbocycles. The van der Waals surface area contributed by atoms with Gasteiger partial charge in [-0.05, 0) is 32.0 Å². The van der Waals surface area contributed by atoms with Crippen molar-refractivity contribution in [3.63, 3.8) is 0 Å². The van der Waals surface area contributed by atoms with Gasteiger partial charge in [0.15, 0.2) is 0 Å². The molecule has 17 heavy (non-hydrogen) atoms. The summed E-state index contributed by atoms with van der Waals surface area (Å²) in [7, 11) is 0. The van der Waals surface area contributed by atoms with Gasteiger partial charge in [-0.3, -0.25) is 4.90 Å². The van der Waals surface area contributed by atoms with Gasteiger partial charge in [0.1, 0.15) is 5.75 Å². The van der Waals surface area contributed by atoms with Crippen molar-refractivity contribution < 1.29 is 5.11 Å². The van der Waals surface area contributed by atoms with Gasteiger partial charge in [-0.15, -0.1) is 24.8 Å². The number of nitrogens with zero attached hydrogens (tertiary/aromatic N) is 1. The lowest BCUT2D eigenvalue weighted by Gasteiger charge is -2.30. The molecule has 0 spiro atoms. The first-order valence-electron chi connectivity index (χ1n) is 5.50. The largest absolute Gasteiger partial charge is 0.508 e. The van der Waals surface area contributed by atoms with Crippen LogP contribution in [-0.2, 0) is 6.54 Å². The van der Waals surface area contributed by atoms with Crippen molar-refractivity contribution in [3.05, 3.63) is 29.8 Å². The van der Waals surface area contributed by atoms with E-state index in [2.05, 4.69) is 4.90 Å². The molecule has 2 rings (SSSR count). The molecule has 5 heteroatoms. The highest BCUT2D eigenvalue weighted by Crippen LogP contribution is 2.19. The minimum Gasteiger partial charge on any atom is -0.508 e. The number of halogens is 2. The number of aromatic hydroxyl groups is 1. The van der Waals surface area contributed by atoms with Gasteiger partial charge in [0, 0.05) is 18.2 Å². The van der Waals surface area contributed by atoms with Crippen molar-refractivity contribution in [2.75, 3.05) is 13.1 Å².